The zero-order chi connectivity index (χ0) is 14.3. The van der Waals surface area contributed by atoms with Crippen LogP contribution in [0.15, 0.2) is 24.3 Å². The van der Waals surface area contributed by atoms with Crippen LogP contribution in [0.25, 0.3) is 0 Å². The second-order valence-corrected chi connectivity index (χ2v) is 4.64. The van der Waals surface area contributed by atoms with E-state index in [2.05, 4.69) is 16.7 Å². The second-order valence-electron chi connectivity index (χ2n) is 4.64. The van der Waals surface area contributed by atoms with Crippen molar-refractivity contribution in [2.45, 2.75) is 32.7 Å². The van der Waals surface area contributed by atoms with E-state index >= 15 is 0 Å². The standard InChI is InChI=1S/C14H20N2O3/c1-10-4-3-5-12(8-10)6-7-15-14(19)16-11(2)9-13(17)18/h3-5,8,11H,6-7,9H2,1-2H3,(H,17,18)(H2,15,16,19). The number of amides is 2. The van der Waals surface area contributed by atoms with Crippen LogP contribution in [-0.4, -0.2) is 29.7 Å². The molecule has 0 aliphatic heterocycles. The number of hydrogen-bond donors (Lipinski definition) is 3. The van der Waals surface area contributed by atoms with E-state index in [-0.39, 0.29) is 18.5 Å². The number of aliphatic carboxylic acids is 1. The molecule has 104 valence electrons. The third kappa shape index (κ3) is 6.45. The Morgan fingerprint density at radius 1 is 1.37 bits per heavy atom. The minimum atomic E-state index is -0.924. The van der Waals surface area contributed by atoms with E-state index in [1.807, 2.05) is 25.1 Å². The van der Waals surface area contributed by atoms with Crippen molar-refractivity contribution >= 4 is 12.0 Å². The van der Waals surface area contributed by atoms with Gasteiger partial charge in [0.2, 0.25) is 0 Å². The lowest BCUT2D eigenvalue weighted by Crippen LogP contribution is -2.42. The largest absolute Gasteiger partial charge is 0.481 e. The first-order valence-electron chi connectivity index (χ1n) is 6.29. The van der Waals surface area contributed by atoms with E-state index < -0.39 is 5.97 Å². The number of carboxylic acids is 1. The third-order valence-corrected chi connectivity index (χ3v) is 2.64. The number of carboxylic acid groups (broad SMARTS) is 1. The molecule has 0 aliphatic rings. The summed E-state index contributed by atoms with van der Waals surface area (Å²) in [5.74, 6) is -0.924. The van der Waals surface area contributed by atoms with Gasteiger partial charge in [-0.25, -0.2) is 4.79 Å². The molecule has 0 radical (unpaired) electrons. The molecule has 1 unspecified atom stereocenters. The van der Waals surface area contributed by atoms with E-state index in [0.717, 1.165) is 6.42 Å². The van der Waals surface area contributed by atoms with E-state index in [4.69, 9.17) is 5.11 Å². The number of aryl methyl sites for hydroxylation is 1. The van der Waals surface area contributed by atoms with Crippen molar-refractivity contribution in [1.29, 1.82) is 0 Å². The van der Waals surface area contributed by atoms with Gasteiger partial charge in [-0.1, -0.05) is 29.8 Å². The molecular formula is C14H20N2O3. The van der Waals surface area contributed by atoms with Crippen LogP contribution in [0, 0.1) is 6.92 Å². The number of carbonyl (C=O) groups is 2. The van der Waals surface area contributed by atoms with Crippen LogP contribution in [-0.2, 0) is 11.2 Å². The van der Waals surface area contributed by atoms with Crippen molar-refractivity contribution in [3.05, 3.63) is 35.4 Å². The first-order chi connectivity index (χ1) is 8.97. The van der Waals surface area contributed by atoms with Gasteiger partial charge in [-0.3, -0.25) is 4.79 Å². The van der Waals surface area contributed by atoms with Gasteiger partial charge >= 0.3 is 12.0 Å². The summed E-state index contributed by atoms with van der Waals surface area (Å²) in [6, 6.07) is 7.39. The number of urea groups is 1. The monoisotopic (exact) mass is 264 g/mol. The van der Waals surface area contributed by atoms with Gasteiger partial charge in [0.15, 0.2) is 0 Å². The van der Waals surface area contributed by atoms with Crippen LogP contribution in [0.1, 0.15) is 24.5 Å². The molecule has 1 aromatic carbocycles. The highest BCUT2D eigenvalue weighted by Gasteiger charge is 2.10. The first kappa shape index (κ1) is 15.0. The number of carbonyl (C=O) groups excluding carboxylic acids is 1. The van der Waals surface area contributed by atoms with Crippen molar-refractivity contribution in [3.8, 4) is 0 Å². The summed E-state index contributed by atoms with van der Waals surface area (Å²) in [4.78, 5) is 21.9. The van der Waals surface area contributed by atoms with E-state index in [9.17, 15) is 9.59 Å². The van der Waals surface area contributed by atoms with E-state index in [0.29, 0.717) is 6.54 Å². The van der Waals surface area contributed by atoms with Gasteiger partial charge in [0.25, 0.3) is 0 Å². The van der Waals surface area contributed by atoms with Gasteiger partial charge in [0, 0.05) is 12.6 Å². The Hall–Kier alpha value is -2.04. The summed E-state index contributed by atoms with van der Waals surface area (Å²) < 4.78 is 0. The quantitative estimate of drug-likeness (QED) is 0.731. The van der Waals surface area contributed by atoms with Crippen molar-refractivity contribution in [2.75, 3.05) is 6.54 Å². The van der Waals surface area contributed by atoms with Gasteiger partial charge in [0.05, 0.1) is 6.42 Å². The highest BCUT2D eigenvalue weighted by Crippen LogP contribution is 2.03. The predicted molar refractivity (Wildman–Crippen MR) is 73.1 cm³/mol. The smallest absolute Gasteiger partial charge is 0.315 e. The Morgan fingerprint density at radius 2 is 2.11 bits per heavy atom. The van der Waals surface area contributed by atoms with Crippen LogP contribution in [0.2, 0.25) is 0 Å². The fourth-order valence-electron chi connectivity index (χ4n) is 1.78. The molecule has 0 fully saturated rings. The molecule has 3 N–H and O–H groups in total. The number of benzene rings is 1. The van der Waals surface area contributed by atoms with Crippen LogP contribution < -0.4 is 10.6 Å². The normalized spacial score (nSPS) is 11.7. The maximum atomic E-state index is 11.5. The zero-order valence-corrected chi connectivity index (χ0v) is 11.3. The summed E-state index contributed by atoms with van der Waals surface area (Å²) in [7, 11) is 0. The van der Waals surface area contributed by atoms with Crippen LogP contribution in [0.4, 0.5) is 4.79 Å². The van der Waals surface area contributed by atoms with Gasteiger partial charge in [-0.05, 0) is 25.8 Å². The van der Waals surface area contributed by atoms with Gasteiger partial charge in [0.1, 0.15) is 0 Å². The van der Waals surface area contributed by atoms with E-state index in [1.165, 1.54) is 11.1 Å². The van der Waals surface area contributed by atoms with Crippen molar-refractivity contribution in [3.63, 3.8) is 0 Å². The Balaban J connectivity index is 2.25. The predicted octanol–water partition coefficient (Wildman–Crippen LogP) is 1.70. The fraction of sp³-hybridized carbons (Fsp3) is 0.429. The molecule has 1 atom stereocenters. The summed E-state index contributed by atoms with van der Waals surface area (Å²) in [5, 5.41) is 13.9. The fourth-order valence-corrected chi connectivity index (χ4v) is 1.78. The Morgan fingerprint density at radius 3 is 2.74 bits per heavy atom. The maximum Gasteiger partial charge on any atom is 0.315 e. The number of rotatable bonds is 6. The number of nitrogens with one attached hydrogen (secondary N) is 2. The minimum Gasteiger partial charge on any atom is -0.481 e. The Kier molecular flexibility index (Phi) is 5.85. The lowest BCUT2D eigenvalue weighted by Gasteiger charge is -2.12. The second kappa shape index (κ2) is 7.41. The summed E-state index contributed by atoms with van der Waals surface area (Å²) in [6.07, 6.45) is 0.674. The van der Waals surface area contributed by atoms with Crippen molar-refractivity contribution in [1.82, 2.24) is 10.6 Å². The molecule has 1 rings (SSSR count). The maximum absolute atomic E-state index is 11.5. The molecule has 2 amide bonds. The molecule has 0 saturated heterocycles. The first-order valence-corrected chi connectivity index (χ1v) is 6.29. The Bertz CT molecular complexity index is 446. The van der Waals surface area contributed by atoms with Crippen LogP contribution in [0.3, 0.4) is 0 Å². The van der Waals surface area contributed by atoms with Gasteiger partial charge < -0.3 is 15.7 Å². The average molecular weight is 264 g/mol. The van der Waals surface area contributed by atoms with Crippen LogP contribution in [0.5, 0.6) is 0 Å². The highest BCUT2D eigenvalue weighted by atomic mass is 16.4. The third-order valence-electron chi connectivity index (χ3n) is 2.64. The van der Waals surface area contributed by atoms with E-state index in [1.54, 1.807) is 6.92 Å². The van der Waals surface area contributed by atoms with Crippen molar-refractivity contribution < 1.29 is 14.7 Å². The average Bonchev–Trinajstić information content (AvgIpc) is 2.27. The zero-order valence-electron chi connectivity index (χ0n) is 11.3. The SMILES string of the molecule is Cc1cccc(CCNC(=O)NC(C)CC(=O)O)c1. The number of hydrogen-bond acceptors (Lipinski definition) is 2. The summed E-state index contributed by atoms with van der Waals surface area (Å²) in [6.45, 7) is 4.21. The minimum absolute atomic E-state index is 0.0781. The molecule has 1 aromatic rings. The molecule has 5 heteroatoms. The molecule has 19 heavy (non-hydrogen) atoms. The van der Waals surface area contributed by atoms with Gasteiger partial charge in [-0.15, -0.1) is 0 Å². The lowest BCUT2D eigenvalue weighted by molar-refractivity contribution is -0.137. The highest BCUT2D eigenvalue weighted by molar-refractivity contribution is 5.75. The van der Waals surface area contributed by atoms with Crippen molar-refractivity contribution in [2.24, 2.45) is 0 Å². The topological polar surface area (TPSA) is 78.4 Å². The molecule has 0 saturated carbocycles. The summed E-state index contributed by atoms with van der Waals surface area (Å²) >= 11 is 0. The molecular weight excluding hydrogens is 244 g/mol. The van der Waals surface area contributed by atoms with Crippen LogP contribution >= 0.6 is 0 Å². The summed E-state index contributed by atoms with van der Waals surface area (Å²) in [5.41, 5.74) is 2.36. The molecule has 0 heterocycles. The molecule has 0 spiro atoms. The Labute approximate surface area is 113 Å². The molecule has 0 bridgehead atoms. The molecule has 0 aliphatic carbocycles. The molecule has 0 aromatic heterocycles. The lowest BCUT2D eigenvalue weighted by atomic mass is 10.1. The molecule has 5 nitrogen and oxygen atoms in total. The van der Waals surface area contributed by atoms with Gasteiger partial charge in [-0.2, -0.15) is 0 Å².